The first-order valence-corrected chi connectivity index (χ1v) is 9.91. The fraction of sp³-hybridized carbons (Fsp3) is 0.684. The first-order chi connectivity index (χ1) is 13.0. The zero-order valence-electron chi connectivity index (χ0n) is 16.1. The topological polar surface area (TPSA) is 78.8 Å². The van der Waals surface area contributed by atoms with Crippen LogP contribution in [0.5, 0.6) is 0 Å². The predicted octanol–water partition coefficient (Wildman–Crippen LogP) is 1.54. The Hall–Kier alpha value is -2.38. The van der Waals surface area contributed by atoms with Gasteiger partial charge in [-0.25, -0.2) is 4.79 Å². The van der Waals surface area contributed by atoms with Crippen molar-refractivity contribution in [3.05, 3.63) is 17.5 Å². The lowest BCUT2D eigenvalue weighted by Gasteiger charge is -2.29. The van der Waals surface area contributed by atoms with Crippen molar-refractivity contribution in [2.75, 3.05) is 19.6 Å². The summed E-state index contributed by atoms with van der Waals surface area (Å²) in [6, 6.07) is 1.07. The van der Waals surface area contributed by atoms with Gasteiger partial charge >= 0.3 is 6.03 Å². The highest BCUT2D eigenvalue weighted by molar-refractivity contribution is 6.05. The molecule has 0 N–H and O–H groups in total. The van der Waals surface area contributed by atoms with Crippen LogP contribution in [0.2, 0.25) is 0 Å². The van der Waals surface area contributed by atoms with E-state index in [2.05, 4.69) is 5.10 Å². The third kappa shape index (κ3) is 3.11. The summed E-state index contributed by atoms with van der Waals surface area (Å²) in [5.41, 5.74) is 1.30. The number of rotatable bonds is 2. The van der Waals surface area contributed by atoms with E-state index in [0.717, 1.165) is 31.4 Å². The van der Waals surface area contributed by atoms with E-state index in [1.807, 2.05) is 6.92 Å². The summed E-state index contributed by atoms with van der Waals surface area (Å²) < 4.78 is 1.58. The molecular formula is C19H27N5O3. The maximum atomic E-state index is 13.1. The fourth-order valence-electron chi connectivity index (χ4n) is 4.65. The van der Waals surface area contributed by atoms with E-state index in [9.17, 15) is 14.4 Å². The Kier molecular flexibility index (Phi) is 4.65. The zero-order chi connectivity index (χ0) is 19.1. The van der Waals surface area contributed by atoms with Crippen LogP contribution < -0.4 is 0 Å². The van der Waals surface area contributed by atoms with Crippen molar-refractivity contribution in [1.29, 1.82) is 0 Å². The molecule has 0 bridgehead atoms. The van der Waals surface area contributed by atoms with Crippen molar-refractivity contribution in [3.8, 4) is 0 Å². The number of urea groups is 1. The van der Waals surface area contributed by atoms with Gasteiger partial charge < -0.3 is 9.80 Å². The maximum absolute atomic E-state index is 13.1. The third-order valence-electron chi connectivity index (χ3n) is 6.02. The monoisotopic (exact) mass is 373 g/mol. The van der Waals surface area contributed by atoms with Crippen LogP contribution in [0.15, 0.2) is 6.07 Å². The SMILES string of the molecule is Cc1cc(C(=O)N2CCCN3C(=O)N(C4CCCCC4)C(=O)C3C2)n(C)n1. The van der Waals surface area contributed by atoms with Crippen LogP contribution in [-0.2, 0) is 11.8 Å². The quantitative estimate of drug-likeness (QED) is 0.737. The molecule has 4 amide bonds. The van der Waals surface area contributed by atoms with Crippen LogP contribution in [-0.4, -0.2) is 74.0 Å². The average molecular weight is 373 g/mol. The molecule has 0 spiro atoms. The first-order valence-electron chi connectivity index (χ1n) is 9.91. The Labute approximate surface area is 159 Å². The van der Waals surface area contributed by atoms with Crippen molar-refractivity contribution in [1.82, 2.24) is 24.5 Å². The molecule has 1 aliphatic carbocycles. The minimum Gasteiger partial charge on any atom is -0.335 e. The Morgan fingerprint density at radius 3 is 2.52 bits per heavy atom. The summed E-state index contributed by atoms with van der Waals surface area (Å²) in [6.45, 7) is 3.17. The van der Waals surface area contributed by atoms with E-state index in [4.69, 9.17) is 0 Å². The minimum absolute atomic E-state index is 0.0227. The summed E-state index contributed by atoms with van der Waals surface area (Å²) in [7, 11) is 1.75. The summed E-state index contributed by atoms with van der Waals surface area (Å²) in [5.74, 6) is -0.260. The molecule has 3 aliphatic rings. The molecule has 3 heterocycles. The summed E-state index contributed by atoms with van der Waals surface area (Å²) >= 11 is 0. The van der Waals surface area contributed by atoms with E-state index < -0.39 is 6.04 Å². The number of amides is 4. The smallest absolute Gasteiger partial charge is 0.327 e. The molecule has 2 saturated heterocycles. The molecular weight excluding hydrogens is 346 g/mol. The van der Waals surface area contributed by atoms with Crippen molar-refractivity contribution in [2.24, 2.45) is 7.05 Å². The maximum Gasteiger partial charge on any atom is 0.327 e. The van der Waals surface area contributed by atoms with Gasteiger partial charge in [-0.1, -0.05) is 19.3 Å². The highest BCUT2D eigenvalue weighted by atomic mass is 16.2. The summed E-state index contributed by atoms with van der Waals surface area (Å²) in [5, 5.41) is 4.25. The predicted molar refractivity (Wildman–Crippen MR) is 98.1 cm³/mol. The number of hydrogen-bond donors (Lipinski definition) is 0. The van der Waals surface area contributed by atoms with Gasteiger partial charge in [0.25, 0.3) is 11.8 Å². The molecule has 4 rings (SSSR count). The van der Waals surface area contributed by atoms with Crippen molar-refractivity contribution >= 4 is 17.8 Å². The minimum atomic E-state index is -0.555. The van der Waals surface area contributed by atoms with Crippen molar-refractivity contribution in [3.63, 3.8) is 0 Å². The Morgan fingerprint density at radius 1 is 1.11 bits per heavy atom. The van der Waals surface area contributed by atoms with E-state index in [1.54, 1.807) is 27.6 Å². The molecule has 27 heavy (non-hydrogen) atoms. The normalized spacial score (nSPS) is 24.4. The number of carbonyl (C=O) groups is 3. The number of fused-ring (bicyclic) bond motifs is 1. The van der Waals surface area contributed by atoms with E-state index in [0.29, 0.717) is 25.2 Å². The third-order valence-corrected chi connectivity index (χ3v) is 6.02. The zero-order valence-corrected chi connectivity index (χ0v) is 16.1. The fourth-order valence-corrected chi connectivity index (χ4v) is 4.65. The van der Waals surface area contributed by atoms with Gasteiger partial charge in [0.2, 0.25) is 0 Å². The van der Waals surface area contributed by atoms with E-state index >= 15 is 0 Å². The molecule has 146 valence electrons. The summed E-state index contributed by atoms with van der Waals surface area (Å²) in [6.07, 6.45) is 5.78. The van der Waals surface area contributed by atoms with Crippen LogP contribution in [0, 0.1) is 6.92 Å². The second kappa shape index (κ2) is 6.98. The number of nitrogens with zero attached hydrogens (tertiary/aromatic N) is 5. The first kappa shape index (κ1) is 18.0. The molecule has 8 nitrogen and oxygen atoms in total. The van der Waals surface area contributed by atoms with E-state index in [-0.39, 0.29) is 30.4 Å². The Balaban J connectivity index is 1.54. The molecule has 1 aromatic rings. The van der Waals surface area contributed by atoms with Crippen molar-refractivity contribution < 1.29 is 14.4 Å². The number of imide groups is 1. The molecule has 1 saturated carbocycles. The van der Waals surface area contributed by atoms with Gasteiger partial charge in [0.05, 0.1) is 12.2 Å². The van der Waals surface area contributed by atoms with Crippen LogP contribution in [0.25, 0.3) is 0 Å². The Morgan fingerprint density at radius 2 is 1.85 bits per heavy atom. The largest absolute Gasteiger partial charge is 0.335 e. The van der Waals surface area contributed by atoms with Gasteiger partial charge in [0.1, 0.15) is 11.7 Å². The second-order valence-electron chi connectivity index (χ2n) is 7.89. The highest BCUT2D eigenvalue weighted by Crippen LogP contribution is 2.30. The number of aryl methyl sites for hydroxylation is 2. The van der Waals surface area contributed by atoms with Crippen molar-refractivity contribution in [2.45, 2.75) is 57.5 Å². The number of carbonyl (C=O) groups excluding carboxylic acids is 3. The lowest BCUT2D eigenvalue weighted by Crippen LogP contribution is -2.45. The molecule has 0 radical (unpaired) electrons. The molecule has 1 atom stereocenters. The average Bonchev–Trinajstić information content (AvgIpc) is 2.99. The molecule has 1 unspecified atom stereocenters. The standard InChI is InChI=1S/C19H27N5O3/c1-13-11-15(21(2)20-13)17(25)22-9-6-10-23-16(12-22)18(26)24(19(23)27)14-7-4-3-5-8-14/h11,14,16H,3-10,12H2,1-2H3. The van der Waals surface area contributed by atoms with Gasteiger partial charge in [-0.15, -0.1) is 0 Å². The van der Waals surface area contributed by atoms with Gasteiger partial charge in [0, 0.05) is 26.2 Å². The molecule has 1 aromatic heterocycles. The number of hydrogen-bond acceptors (Lipinski definition) is 4. The van der Waals surface area contributed by atoms with Gasteiger partial charge in [-0.05, 0) is 32.3 Å². The Bertz CT molecular complexity index is 767. The molecule has 0 aromatic carbocycles. The second-order valence-corrected chi connectivity index (χ2v) is 7.89. The van der Waals surface area contributed by atoms with Gasteiger partial charge in [-0.2, -0.15) is 5.10 Å². The highest BCUT2D eigenvalue weighted by Gasteiger charge is 2.49. The van der Waals surface area contributed by atoms with Crippen LogP contribution >= 0.6 is 0 Å². The molecule has 2 aliphatic heterocycles. The van der Waals surface area contributed by atoms with Crippen LogP contribution in [0.4, 0.5) is 4.79 Å². The summed E-state index contributed by atoms with van der Waals surface area (Å²) in [4.78, 5) is 43.9. The molecule has 8 heteroatoms. The van der Waals surface area contributed by atoms with Crippen LogP contribution in [0.1, 0.15) is 54.7 Å². The van der Waals surface area contributed by atoms with Crippen LogP contribution in [0.3, 0.4) is 0 Å². The molecule has 3 fully saturated rings. The lowest BCUT2D eigenvalue weighted by atomic mass is 9.94. The van der Waals surface area contributed by atoms with Gasteiger partial charge in [0.15, 0.2) is 0 Å². The number of aromatic nitrogens is 2. The lowest BCUT2D eigenvalue weighted by molar-refractivity contribution is -0.130. The van der Waals surface area contributed by atoms with Gasteiger partial charge in [-0.3, -0.25) is 19.2 Å². The van der Waals surface area contributed by atoms with E-state index in [1.165, 1.54) is 11.3 Å².